The van der Waals surface area contributed by atoms with E-state index in [9.17, 15) is 9.59 Å². The number of amides is 2. The van der Waals surface area contributed by atoms with Crippen LogP contribution >= 0.6 is 15.9 Å². The Labute approximate surface area is 179 Å². The number of nitrogens with zero attached hydrogens (tertiary/aromatic N) is 3. The van der Waals surface area contributed by atoms with Crippen molar-refractivity contribution in [1.82, 2.24) is 9.80 Å². The molecule has 2 heterocycles. The molecule has 6 nitrogen and oxygen atoms in total. The first-order valence-electron chi connectivity index (χ1n) is 10.2. The van der Waals surface area contributed by atoms with E-state index in [2.05, 4.69) is 20.8 Å². The lowest BCUT2D eigenvalue weighted by molar-refractivity contribution is 0.0574. The fraction of sp³-hybridized carbons (Fsp3) is 0.455. The van der Waals surface area contributed by atoms with Crippen LogP contribution in [0.3, 0.4) is 0 Å². The van der Waals surface area contributed by atoms with Crippen molar-refractivity contribution in [2.24, 2.45) is 0 Å². The number of rotatable bonds is 4. The van der Waals surface area contributed by atoms with E-state index in [0.29, 0.717) is 22.0 Å². The summed E-state index contributed by atoms with van der Waals surface area (Å²) in [4.78, 5) is 32.0. The van der Waals surface area contributed by atoms with E-state index < -0.39 is 0 Å². The number of benzene rings is 1. The Morgan fingerprint density at radius 2 is 1.72 bits per heavy atom. The van der Waals surface area contributed by atoms with Crippen LogP contribution in [0.2, 0.25) is 0 Å². The van der Waals surface area contributed by atoms with Gasteiger partial charge in [0.15, 0.2) is 10.4 Å². The SMILES string of the molecule is CN(C(=O)c1ccc(Br)o1)c1ccccc1C(=O)N1CCN(C2CCCC2)CC1. The molecule has 2 amide bonds. The Kier molecular flexibility index (Phi) is 6.06. The van der Waals surface area contributed by atoms with Crippen molar-refractivity contribution in [1.29, 1.82) is 0 Å². The molecule has 2 aliphatic rings. The summed E-state index contributed by atoms with van der Waals surface area (Å²) in [5.74, 6) is -0.0826. The Balaban J connectivity index is 1.47. The Morgan fingerprint density at radius 3 is 2.38 bits per heavy atom. The Hall–Kier alpha value is -2.12. The summed E-state index contributed by atoms with van der Waals surface area (Å²) in [7, 11) is 1.67. The van der Waals surface area contributed by atoms with Gasteiger partial charge in [0, 0.05) is 39.3 Å². The zero-order valence-electron chi connectivity index (χ0n) is 16.6. The molecule has 2 aromatic rings. The van der Waals surface area contributed by atoms with E-state index in [1.807, 2.05) is 17.0 Å². The summed E-state index contributed by atoms with van der Waals surface area (Å²) >= 11 is 3.22. The standard InChI is InChI=1S/C22H26BrN3O3/c1-24(22(28)19-10-11-20(23)29-19)18-9-5-4-8-17(18)21(27)26-14-12-25(13-15-26)16-6-2-3-7-16/h4-5,8-11,16H,2-3,6-7,12-15H2,1H3. The van der Waals surface area contributed by atoms with Crippen molar-refractivity contribution in [2.45, 2.75) is 31.7 Å². The van der Waals surface area contributed by atoms with Crippen molar-refractivity contribution in [3.8, 4) is 0 Å². The smallest absolute Gasteiger partial charge is 0.293 e. The molecule has 2 fully saturated rings. The Bertz CT molecular complexity index is 883. The largest absolute Gasteiger partial charge is 0.444 e. The van der Waals surface area contributed by atoms with Gasteiger partial charge in [-0.05, 0) is 53.0 Å². The van der Waals surface area contributed by atoms with Crippen molar-refractivity contribution >= 4 is 33.4 Å². The Morgan fingerprint density at radius 1 is 1.03 bits per heavy atom. The molecular formula is C22H26BrN3O3. The predicted molar refractivity (Wildman–Crippen MR) is 115 cm³/mol. The number of para-hydroxylation sites is 1. The minimum atomic E-state index is -0.290. The first-order chi connectivity index (χ1) is 14.0. The van der Waals surface area contributed by atoms with Crippen LogP contribution in [0, 0.1) is 0 Å². The number of hydrogen-bond donors (Lipinski definition) is 0. The lowest BCUT2D eigenvalue weighted by atomic mass is 10.1. The van der Waals surface area contributed by atoms with Crippen LogP contribution in [-0.4, -0.2) is 60.9 Å². The van der Waals surface area contributed by atoms with Crippen molar-refractivity contribution < 1.29 is 14.0 Å². The molecular weight excluding hydrogens is 434 g/mol. The second-order valence-electron chi connectivity index (χ2n) is 7.75. The summed E-state index contributed by atoms with van der Waals surface area (Å²) < 4.78 is 5.89. The second kappa shape index (κ2) is 8.71. The lowest BCUT2D eigenvalue weighted by Gasteiger charge is -2.38. The summed E-state index contributed by atoms with van der Waals surface area (Å²) in [5.41, 5.74) is 1.14. The molecule has 1 aliphatic heterocycles. The molecule has 29 heavy (non-hydrogen) atoms. The fourth-order valence-corrected chi connectivity index (χ4v) is 4.69. The third kappa shape index (κ3) is 4.26. The predicted octanol–water partition coefficient (Wildman–Crippen LogP) is 4.02. The molecule has 1 aliphatic carbocycles. The van der Waals surface area contributed by atoms with E-state index in [1.165, 1.54) is 30.6 Å². The number of piperazine rings is 1. The normalized spacial score (nSPS) is 18.2. The zero-order valence-corrected chi connectivity index (χ0v) is 18.2. The summed E-state index contributed by atoms with van der Waals surface area (Å²) in [6.45, 7) is 3.31. The zero-order chi connectivity index (χ0) is 20.4. The van der Waals surface area contributed by atoms with Crippen molar-refractivity contribution in [3.63, 3.8) is 0 Å². The van der Waals surface area contributed by atoms with Gasteiger partial charge < -0.3 is 14.2 Å². The average Bonchev–Trinajstić information content (AvgIpc) is 3.44. The minimum Gasteiger partial charge on any atom is -0.444 e. The molecule has 0 atom stereocenters. The van der Waals surface area contributed by atoms with E-state index in [1.54, 1.807) is 31.3 Å². The lowest BCUT2D eigenvalue weighted by Crippen LogP contribution is -2.51. The van der Waals surface area contributed by atoms with E-state index >= 15 is 0 Å². The highest BCUT2D eigenvalue weighted by Crippen LogP contribution is 2.27. The van der Waals surface area contributed by atoms with Crippen molar-refractivity contribution in [3.05, 3.63) is 52.4 Å². The van der Waals surface area contributed by atoms with Gasteiger partial charge in [0.25, 0.3) is 11.8 Å². The van der Waals surface area contributed by atoms with Gasteiger partial charge >= 0.3 is 0 Å². The maximum atomic E-state index is 13.3. The van der Waals surface area contributed by atoms with Gasteiger partial charge in [-0.15, -0.1) is 0 Å². The molecule has 0 spiro atoms. The highest BCUT2D eigenvalue weighted by molar-refractivity contribution is 9.10. The average molecular weight is 460 g/mol. The first kappa shape index (κ1) is 20.2. The topological polar surface area (TPSA) is 57.0 Å². The monoisotopic (exact) mass is 459 g/mol. The van der Waals surface area contributed by atoms with Gasteiger partial charge in [-0.25, -0.2) is 0 Å². The van der Waals surface area contributed by atoms with Gasteiger partial charge in [0.2, 0.25) is 0 Å². The number of carbonyl (C=O) groups excluding carboxylic acids is 2. The fourth-order valence-electron chi connectivity index (χ4n) is 4.38. The van der Waals surface area contributed by atoms with Gasteiger partial charge in [0.05, 0.1) is 11.3 Å². The van der Waals surface area contributed by atoms with Crippen LogP contribution in [0.4, 0.5) is 5.69 Å². The molecule has 154 valence electrons. The van der Waals surface area contributed by atoms with Crippen LogP contribution in [0.1, 0.15) is 46.6 Å². The van der Waals surface area contributed by atoms with Crippen molar-refractivity contribution in [2.75, 3.05) is 38.1 Å². The maximum absolute atomic E-state index is 13.3. The number of hydrogen-bond acceptors (Lipinski definition) is 4. The highest BCUT2D eigenvalue weighted by Gasteiger charge is 2.30. The molecule has 4 rings (SSSR count). The quantitative estimate of drug-likeness (QED) is 0.692. The summed E-state index contributed by atoms with van der Waals surface area (Å²) in [5, 5.41) is 0. The van der Waals surface area contributed by atoms with Gasteiger partial charge in [-0.3, -0.25) is 14.5 Å². The number of furan rings is 1. The molecule has 7 heteroatoms. The third-order valence-corrected chi connectivity index (χ3v) is 6.45. The maximum Gasteiger partial charge on any atom is 0.293 e. The third-order valence-electron chi connectivity index (χ3n) is 6.03. The summed E-state index contributed by atoms with van der Waals surface area (Å²) in [6.07, 6.45) is 5.22. The molecule has 0 unspecified atom stereocenters. The number of anilines is 1. The summed E-state index contributed by atoms with van der Waals surface area (Å²) in [6, 6.07) is 11.3. The molecule has 0 N–H and O–H groups in total. The first-order valence-corrected chi connectivity index (χ1v) is 11.0. The molecule has 0 radical (unpaired) electrons. The molecule has 0 bridgehead atoms. The number of carbonyl (C=O) groups is 2. The molecule has 1 aromatic carbocycles. The molecule has 1 saturated carbocycles. The minimum absolute atomic E-state index is 0.0213. The molecule has 1 aromatic heterocycles. The van der Waals surface area contributed by atoms with Gasteiger partial charge in [-0.1, -0.05) is 25.0 Å². The number of halogens is 1. The van der Waals surface area contributed by atoms with Crippen LogP contribution in [0.25, 0.3) is 0 Å². The van der Waals surface area contributed by atoms with E-state index in [-0.39, 0.29) is 17.6 Å². The van der Waals surface area contributed by atoms with E-state index in [4.69, 9.17) is 4.42 Å². The molecule has 1 saturated heterocycles. The van der Waals surface area contributed by atoms with Crippen LogP contribution < -0.4 is 4.90 Å². The van der Waals surface area contributed by atoms with Crippen LogP contribution in [-0.2, 0) is 0 Å². The van der Waals surface area contributed by atoms with Crippen LogP contribution in [0.15, 0.2) is 45.5 Å². The van der Waals surface area contributed by atoms with Crippen LogP contribution in [0.5, 0.6) is 0 Å². The van der Waals surface area contributed by atoms with E-state index in [0.717, 1.165) is 26.2 Å². The van der Waals surface area contributed by atoms with Gasteiger partial charge in [0.1, 0.15) is 0 Å². The second-order valence-corrected chi connectivity index (χ2v) is 8.53. The van der Waals surface area contributed by atoms with Gasteiger partial charge in [-0.2, -0.15) is 0 Å². The highest BCUT2D eigenvalue weighted by atomic mass is 79.9.